The molecule has 0 saturated heterocycles. The molecule has 4 nitrogen and oxygen atoms in total. The zero-order valence-corrected chi connectivity index (χ0v) is 13.8. The van der Waals surface area contributed by atoms with Gasteiger partial charge in [0, 0.05) is 52.1 Å². The fourth-order valence-electron chi connectivity index (χ4n) is 4.22. The van der Waals surface area contributed by atoms with Gasteiger partial charge in [0.1, 0.15) is 0 Å². The van der Waals surface area contributed by atoms with E-state index in [0.29, 0.717) is 0 Å². The first kappa shape index (κ1) is 13.7. The molecule has 3 aromatic rings. The van der Waals surface area contributed by atoms with Gasteiger partial charge in [0.25, 0.3) is 0 Å². The number of anilines is 1. The van der Waals surface area contributed by atoms with Gasteiger partial charge in [0.2, 0.25) is 0 Å². The molecule has 1 unspecified atom stereocenters. The Labute approximate surface area is 149 Å². The van der Waals surface area contributed by atoms with Crippen LogP contribution in [0.25, 0.3) is 33.9 Å². The lowest BCUT2D eigenvalue weighted by molar-refractivity contribution is 1.02. The first-order valence-corrected chi connectivity index (χ1v) is 8.68. The van der Waals surface area contributed by atoms with Crippen molar-refractivity contribution < 1.29 is 0 Å². The molecule has 0 spiro atoms. The van der Waals surface area contributed by atoms with Crippen molar-refractivity contribution in [3.8, 4) is 11.3 Å². The summed E-state index contributed by atoms with van der Waals surface area (Å²) in [5, 5.41) is 6.83. The van der Waals surface area contributed by atoms with E-state index in [9.17, 15) is 0 Å². The van der Waals surface area contributed by atoms with E-state index >= 15 is 0 Å². The third-order valence-electron chi connectivity index (χ3n) is 5.26. The van der Waals surface area contributed by atoms with Crippen molar-refractivity contribution in [1.82, 2.24) is 9.97 Å². The fraction of sp³-hybridized carbons (Fsp3) is 0.0455. The summed E-state index contributed by atoms with van der Waals surface area (Å²) < 4.78 is 0. The van der Waals surface area contributed by atoms with E-state index < -0.39 is 0 Å². The van der Waals surface area contributed by atoms with Crippen molar-refractivity contribution in [1.29, 1.82) is 0 Å². The largest absolute Gasteiger partial charge is 0.361 e. The Bertz CT molecular complexity index is 1310. The molecule has 1 aliphatic carbocycles. The molecule has 2 aliphatic heterocycles. The quantitative estimate of drug-likeness (QED) is 0.688. The van der Waals surface area contributed by atoms with Crippen LogP contribution in [0.5, 0.6) is 0 Å². The summed E-state index contributed by atoms with van der Waals surface area (Å²) in [4.78, 5) is 14.3. The van der Waals surface area contributed by atoms with Gasteiger partial charge in [-0.05, 0) is 29.8 Å². The molecule has 0 amide bonds. The standard InChI is InChI=1S/C22H14N4/c1-5-13-14-6-2-10-24-20(14)18-17(19(13)23-9-1)21-15(7-3-11-25-21)16-8-4-12-26-22(16)18/h1-13,26H. The normalized spacial score (nSPS) is 18.5. The van der Waals surface area contributed by atoms with E-state index in [1.807, 2.05) is 49.1 Å². The highest BCUT2D eigenvalue weighted by atomic mass is 14.9. The maximum Gasteiger partial charge on any atom is 0.0807 e. The van der Waals surface area contributed by atoms with Gasteiger partial charge in [0.05, 0.1) is 22.6 Å². The van der Waals surface area contributed by atoms with Crippen LogP contribution in [0.4, 0.5) is 5.69 Å². The second kappa shape index (κ2) is 4.99. The summed E-state index contributed by atoms with van der Waals surface area (Å²) in [5.74, 6) is 0.113. The number of fused-ring (bicyclic) bond motifs is 10. The van der Waals surface area contributed by atoms with E-state index in [2.05, 4.69) is 29.6 Å². The smallest absolute Gasteiger partial charge is 0.0807 e. The highest BCUT2D eigenvalue weighted by molar-refractivity contribution is 6.00. The SMILES string of the molecule is C1=CNc2c3c(c4ncccc4c2=C1)=C1N=CC=CC1c1cccnc1-3. The maximum absolute atomic E-state index is 4.77. The van der Waals surface area contributed by atoms with Crippen LogP contribution in [-0.4, -0.2) is 16.2 Å². The van der Waals surface area contributed by atoms with Gasteiger partial charge in [-0.15, -0.1) is 0 Å². The van der Waals surface area contributed by atoms with Crippen LogP contribution < -0.4 is 15.8 Å². The third kappa shape index (κ3) is 1.66. The second-order valence-corrected chi connectivity index (χ2v) is 6.58. The highest BCUT2D eigenvalue weighted by Gasteiger charge is 2.30. The molecule has 4 heterocycles. The minimum absolute atomic E-state index is 0.113. The van der Waals surface area contributed by atoms with E-state index in [1.54, 1.807) is 0 Å². The molecule has 0 fully saturated rings. The number of rotatable bonds is 0. The number of benzene rings is 1. The number of aromatic nitrogens is 2. The summed E-state index contributed by atoms with van der Waals surface area (Å²) in [6, 6.07) is 8.27. The van der Waals surface area contributed by atoms with Crippen LogP contribution in [0.2, 0.25) is 0 Å². The molecule has 4 heteroatoms. The third-order valence-corrected chi connectivity index (χ3v) is 5.26. The van der Waals surface area contributed by atoms with Crippen molar-refractivity contribution >= 4 is 34.6 Å². The van der Waals surface area contributed by atoms with Crippen LogP contribution in [0.15, 0.2) is 66.1 Å². The van der Waals surface area contributed by atoms with E-state index in [0.717, 1.165) is 44.0 Å². The van der Waals surface area contributed by atoms with Gasteiger partial charge in [-0.2, -0.15) is 0 Å². The van der Waals surface area contributed by atoms with Crippen LogP contribution >= 0.6 is 0 Å². The van der Waals surface area contributed by atoms with Crippen molar-refractivity contribution in [2.24, 2.45) is 4.99 Å². The number of dihydropyridines is 1. The molecular formula is C22H14N4. The number of allylic oxidation sites excluding steroid dienone is 2. The average molecular weight is 334 g/mol. The predicted molar refractivity (Wildman–Crippen MR) is 105 cm³/mol. The average Bonchev–Trinajstić information content (AvgIpc) is 2.73. The van der Waals surface area contributed by atoms with E-state index in [1.165, 1.54) is 5.56 Å². The molecule has 3 aliphatic rings. The lowest BCUT2D eigenvalue weighted by Crippen LogP contribution is -2.29. The fourth-order valence-corrected chi connectivity index (χ4v) is 4.22. The number of hydrogen-bond acceptors (Lipinski definition) is 4. The van der Waals surface area contributed by atoms with Crippen molar-refractivity contribution in [3.63, 3.8) is 0 Å². The Hall–Kier alpha value is -3.53. The van der Waals surface area contributed by atoms with Crippen LogP contribution in [0.1, 0.15) is 11.5 Å². The first-order chi connectivity index (χ1) is 12.9. The zero-order valence-electron chi connectivity index (χ0n) is 13.8. The molecule has 0 saturated carbocycles. The summed E-state index contributed by atoms with van der Waals surface area (Å²) in [6.45, 7) is 0. The second-order valence-electron chi connectivity index (χ2n) is 6.58. The Morgan fingerprint density at radius 1 is 1.00 bits per heavy atom. The van der Waals surface area contributed by atoms with E-state index in [-0.39, 0.29) is 5.92 Å². The number of nitrogens with zero attached hydrogens (tertiary/aromatic N) is 3. The zero-order chi connectivity index (χ0) is 17.1. The van der Waals surface area contributed by atoms with Crippen LogP contribution in [0.3, 0.4) is 0 Å². The summed E-state index contributed by atoms with van der Waals surface area (Å²) in [5.41, 5.74) is 6.42. The predicted octanol–water partition coefficient (Wildman–Crippen LogP) is 2.86. The molecule has 2 aromatic heterocycles. The van der Waals surface area contributed by atoms with Gasteiger partial charge >= 0.3 is 0 Å². The van der Waals surface area contributed by atoms with Gasteiger partial charge in [-0.3, -0.25) is 15.0 Å². The number of nitrogens with one attached hydrogen (secondary N) is 1. The Morgan fingerprint density at radius 2 is 1.92 bits per heavy atom. The number of aliphatic imine (C=N–C) groups is 1. The highest BCUT2D eigenvalue weighted by Crippen LogP contribution is 2.40. The van der Waals surface area contributed by atoms with Gasteiger partial charge < -0.3 is 5.32 Å². The van der Waals surface area contributed by atoms with Crippen LogP contribution in [-0.2, 0) is 0 Å². The molecular weight excluding hydrogens is 320 g/mol. The molecule has 1 aromatic carbocycles. The Balaban J connectivity index is 1.96. The van der Waals surface area contributed by atoms with Crippen molar-refractivity contribution in [2.45, 2.75) is 5.92 Å². The topological polar surface area (TPSA) is 50.2 Å². The van der Waals surface area contributed by atoms with Gasteiger partial charge in [-0.1, -0.05) is 24.3 Å². The Kier molecular flexibility index (Phi) is 2.63. The molecule has 1 N–H and O–H groups in total. The van der Waals surface area contributed by atoms with Crippen molar-refractivity contribution in [2.75, 3.05) is 5.32 Å². The minimum atomic E-state index is 0.113. The first-order valence-electron chi connectivity index (χ1n) is 8.68. The lowest BCUT2D eigenvalue weighted by Gasteiger charge is -2.27. The summed E-state index contributed by atoms with van der Waals surface area (Å²) >= 11 is 0. The maximum atomic E-state index is 4.77. The monoisotopic (exact) mass is 334 g/mol. The lowest BCUT2D eigenvalue weighted by atomic mass is 9.81. The number of pyridine rings is 2. The molecule has 0 bridgehead atoms. The minimum Gasteiger partial charge on any atom is -0.361 e. The molecule has 6 rings (SSSR count). The molecule has 122 valence electrons. The van der Waals surface area contributed by atoms with E-state index in [4.69, 9.17) is 15.0 Å². The summed E-state index contributed by atoms with van der Waals surface area (Å²) in [6.07, 6.45) is 15.9. The van der Waals surface area contributed by atoms with Crippen molar-refractivity contribution in [3.05, 3.63) is 77.1 Å². The molecule has 0 radical (unpaired) electrons. The molecule has 1 atom stereocenters. The Morgan fingerprint density at radius 3 is 2.92 bits per heavy atom. The summed E-state index contributed by atoms with van der Waals surface area (Å²) in [7, 11) is 0. The van der Waals surface area contributed by atoms with Crippen LogP contribution in [0, 0.1) is 0 Å². The number of hydrogen-bond donors (Lipinski definition) is 1. The van der Waals surface area contributed by atoms with Gasteiger partial charge in [-0.25, -0.2) is 0 Å². The molecule has 26 heavy (non-hydrogen) atoms. The van der Waals surface area contributed by atoms with Gasteiger partial charge in [0.15, 0.2) is 0 Å².